The number of hydrogen-bond donors (Lipinski definition) is 2. The van der Waals surface area contributed by atoms with Crippen molar-refractivity contribution in [2.24, 2.45) is 0 Å². The summed E-state index contributed by atoms with van der Waals surface area (Å²) in [4.78, 5) is 0. The minimum atomic E-state index is 0.761. The molecule has 0 heterocycles. The predicted octanol–water partition coefficient (Wildman–Crippen LogP) is 3.35. The van der Waals surface area contributed by atoms with E-state index in [1.165, 1.54) is 18.4 Å². The first kappa shape index (κ1) is 10.8. The van der Waals surface area contributed by atoms with Crippen molar-refractivity contribution in [2.75, 3.05) is 11.5 Å². The molecule has 0 aromatic heterocycles. The van der Waals surface area contributed by atoms with E-state index in [0.717, 1.165) is 28.6 Å². The summed E-state index contributed by atoms with van der Waals surface area (Å²) in [7, 11) is 0. The van der Waals surface area contributed by atoms with Gasteiger partial charge in [0.2, 0.25) is 0 Å². The third-order valence-corrected chi connectivity index (χ3v) is 2.92. The van der Waals surface area contributed by atoms with Gasteiger partial charge in [-0.1, -0.05) is 31.5 Å². The van der Waals surface area contributed by atoms with Gasteiger partial charge in [0.05, 0.1) is 0 Å². The van der Waals surface area contributed by atoms with Crippen LogP contribution in [0.4, 0.5) is 11.4 Å². The molecule has 0 aliphatic rings. The van der Waals surface area contributed by atoms with E-state index in [4.69, 9.17) is 11.5 Å². The second-order valence-electron chi connectivity index (χ2n) is 4.23. The van der Waals surface area contributed by atoms with Crippen LogP contribution < -0.4 is 11.5 Å². The van der Waals surface area contributed by atoms with Crippen LogP contribution in [0.3, 0.4) is 0 Å². The van der Waals surface area contributed by atoms with Gasteiger partial charge in [0.25, 0.3) is 0 Å². The third kappa shape index (κ3) is 1.96. The first-order valence-electron chi connectivity index (χ1n) is 5.79. The lowest BCUT2D eigenvalue weighted by atomic mass is 10.0. The second-order valence-corrected chi connectivity index (χ2v) is 4.23. The Morgan fingerprint density at radius 3 is 2.62 bits per heavy atom. The molecule has 0 radical (unpaired) electrons. The molecule has 0 saturated heterocycles. The Kier molecular flexibility index (Phi) is 3.00. The zero-order chi connectivity index (χ0) is 11.5. The van der Waals surface area contributed by atoms with Crippen LogP contribution in [0.2, 0.25) is 0 Å². The summed E-state index contributed by atoms with van der Waals surface area (Å²) >= 11 is 0. The first-order valence-corrected chi connectivity index (χ1v) is 5.79. The number of nitrogen functional groups attached to an aromatic ring is 2. The van der Waals surface area contributed by atoms with Crippen LogP contribution in [-0.4, -0.2) is 0 Å². The monoisotopic (exact) mass is 214 g/mol. The van der Waals surface area contributed by atoms with Gasteiger partial charge >= 0.3 is 0 Å². The molecule has 4 N–H and O–H groups in total. The van der Waals surface area contributed by atoms with E-state index < -0.39 is 0 Å². The van der Waals surface area contributed by atoms with Gasteiger partial charge in [0.1, 0.15) is 0 Å². The lowest BCUT2D eigenvalue weighted by molar-refractivity contribution is 0.796. The summed E-state index contributed by atoms with van der Waals surface area (Å²) in [6.45, 7) is 2.20. The van der Waals surface area contributed by atoms with Gasteiger partial charge in [0.15, 0.2) is 0 Å². The first-order chi connectivity index (χ1) is 7.72. The molecule has 2 heteroatoms. The lowest BCUT2D eigenvalue weighted by Gasteiger charge is -2.08. The molecule has 0 aliphatic heterocycles. The highest BCUT2D eigenvalue weighted by Gasteiger charge is 2.04. The maximum atomic E-state index is 6.05. The number of rotatable bonds is 3. The number of nitrogens with two attached hydrogens (primary N) is 2. The number of unbranched alkanes of at least 4 members (excludes halogenated alkanes) is 1. The maximum Gasteiger partial charge on any atom is 0.0417 e. The molecule has 84 valence electrons. The summed E-state index contributed by atoms with van der Waals surface area (Å²) in [5.41, 5.74) is 14.8. The van der Waals surface area contributed by atoms with Gasteiger partial charge in [-0.25, -0.2) is 0 Å². The van der Waals surface area contributed by atoms with Gasteiger partial charge in [0, 0.05) is 16.8 Å². The van der Waals surface area contributed by atoms with Crippen molar-refractivity contribution >= 4 is 22.1 Å². The highest BCUT2D eigenvalue weighted by atomic mass is 14.6. The van der Waals surface area contributed by atoms with E-state index >= 15 is 0 Å². The fourth-order valence-electron chi connectivity index (χ4n) is 2.08. The minimum absolute atomic E-state index is 0.761. The highest BCUT2D eigenvalue weighted by molar-refractivity contribution is 6.01. The van der Waals surface area contributed by atoms with E-state index in [9.17, 15) is 0 Å². The Morgan fingerprint density at radius 1 is 1.06 bits per heavy atom. The molecule has 0 fully saturated rings. The number of fused-ring (bicyclic) bond motifs is 1. The number of aryl methyl sites for hydroxylation is 1. The van der Waals surface area contributed by atoms with Crippen molar-refractivity contribution in [2.45, 2.75) is 26.2 Å². The van der Waals surface area contributed by atoms with Gasteiger partial charge in [-0.15, -0.1) is 0 Å². The molecule has 2 rings (SSSR count). The maximum absolute atomic E-state index is 6.05. The SMILES string of the molecule is CCCCc1cc(N)c2c(N)cccc2c1. The van der Waals surface area contributed by atoms with Crippen LogP contribution in [0.15, 0.2) is 30.3 Å². The molecular weight excluding hydrogens is 196 g/mol. The summed E-state index contributed by atoms with van der Waals surface area (Å²) in [6.07, 6.45) is 3.49. The van der Waals surface area contributed by atoms with Crippen LogP contribution >= 0.6 is 0 Å². The van der Waals surface area contributed by atoms with Crippen LogP contribution in [0.5, 0.6) is 0 Å². The Labute approximate surface area is 96.3 Å². The quantitative estimate of drug-likeness (QED) is 0.770. The normalized spacial score (nSPS) is 10.8. The van der Waals surface area contributed by atoms with Crippen LogP contribution in [0.1, 0.15) is 25.3 Å². The molecule has 2 aromatic carbocycles. The van der Waals surface area contributed by atoms with Crippen molar-refractivity contribution in [3.63, 3.8) is 0 Å². The molecule has 2 nitrogen and oxygen atoms in total. The fourth-order valence-corrected chi connectivity index (χ4v) is 2.08. The molecule has 0 aliphatic carbocycles. The highest BCUT2D eigenvalue weighted by Crippen LogP contribution is 2.28. The van der Waals surface area contributed by atoms with E-state index in [1.54, 1.807) is 0 Å². The van der Waals surface area contributed by atoms with Gasteiger partial charge < -0.3 is 11.5 Å². The van der Waals surface area contributed by atoms with Crippen molar-refractivity contribution in [3.05, 3.63) is 35.9 Å². The Bertz CT molecular complexity index is 503. The molecular formula is C14H18N2. The van der Waals surface area contributed by atoms with Crippen molar-refractivity contribution in [1.82, 2.24) is 0 Å². The molecule has 0 spiro atoms. The van der Waals surface area contributed by atoms with E-state index in [0.29, 0.717) is 0 Å². The van der Waals surface area contributed by atoms with Crippen molar-refractivity contribution in [1.29, 1.82) is 0 Å². The minimum Gasteiger partial charge on any atom is -0.398 e. The van der Waals surface area contributed by atoms with E-state index in [-0.39, 0.29) is 0 Å². The molecule has 0 saturated carbocycles. The zero-order valence-corrected chi connectivity index (χ0v) is 9.66. The zero-order valence-electron chi connectivity index (χ0n) is 9.66. The number of hydrogen-bond acceptors (Lipinski definition) is 2. The summed E-state index contributed by atoms with van der Waals surface area (Å²) in [5, 5.41) is 2.13. The third-order valence-electron chi connectivity index (χ3n) is 2.92. The van der Waals surface area contributed by atoms with Gasteiger partial charge in [-0.2, -0.15) is 0 Å². The summed E-state index contributed by atoms with van der Waals surface area (Å²) in [6, 6.07) is 10.2. The second kappa shape index (κ2) is 4.44. The fraction of sp³-hybridized carbons (Fsp3) is 0.286. The van der Waals surface area contributed by atoms with Crippen LogP contribution in [0, 0.1) is 0 Å². The topological polar surface area (TPSA) is 52.0 Å². The van der Waals surface area contributed by atoms with E-state index in [1.807, 2.05) is 18.2 Å². The molecule has 0 amide bonds. The Hall–Kier alpha value is -1.70. The standard InChI is InChI=1S/C14H18N2/c1-2-3-5-10-8-11-6-4-7-12(15)14(11)13(16)9-10/h4,6-9H,2-3,5,15-16H2,1H3. The largest absolute Gasteiger partial charge is 0.398 e. The Balaban J connectivity index is 2.51. The lowest BCUT2D eigenvalue weighted by Crippen LogP contribution is -1.95. The number of benzene rings is 2. The average Bonchev–Trinajstić information content (AvgIpc) is 2.26. The molecule has 0 bridgehead atoms. The van der Waals surface area contributed by atoms with Crippen molar-refractivity contribution < 1.29 is 0 Å². The summed E-state index contributed by atoms with van der Waals surface area (Å²) < 4.78 is 0. The smallest absolute Gasteiger partial charge is 0.0417 e. The predicted molar refractivity (Wildman–Crippen MR) is 71.4 cm³/mol. The Morgan fingerprint density at radius 2 is 1.88 bits per heavy atom. The number of anilines is 2. The van der Waals surface area contributed by atoms with Crippen molar-refractivity contribution in [3.8, 4) is 0 Å². The molecule has 0 unspecified atom stereocenters. The van der Waals surface area contributed by atoms with Gasteiger partial charge in [-0.3, -0.25) is 0 Å². The van der Waals surface area contributed by atoms with Crippen LogP contribution in [-0.2, 0) is 6.42 Å². The molecule has 2 aromatic rings. The van der Waals surface area contributed by atoms with Gasteiger partial charge in [-0.05, 0) is 35.9 Å². The average molecular weight is 214 g/mol. The van der Waals surface area contributed by atoms with Crippen LogP contribution in [0.25, 0.3) is 10.8 Å². The summed E-state index contributed by atoms with van der Waals surface area (Å²) in [5.74, 6) is 0. The molecule has 0 atom stereocenters. The molecule has 16 heavy (non-hydrogen) atoms. The van der Waals surface area contributed by atoms with E-state index in [2.05, 4.69) is 19.1 Å².